The molecule has 112 valence electrons. The van der Waals surface area contributed by atoms with Crippen molar-refractivity contribution in [2.45, 2.75) is 19.4 Å². The fourth-order valence-corrected chi connectivity index (χ4v) is 2.99. The molecule has 1 heterocycles. The highest BCUT2D eigenvalue weighted by molar-refractivity contribution is 6.34. The van der Waals surface area contributed by atoms with Crippen LogP contribution in [0.1, 0.15) is 22.8 Å². The smallest absolute Gasteiger partial charge is 0.270 e. The number of nitro groups is 1. The zero-order valence-electron chi connectivity index (χ0n) is 11.8. The van der Waals surface area contributed by atoms with Gasteiger partial charge in [-0.1, -0.05) is 29.8 Å². The van der Waals surface area contributed by atoms with E-state index in [-0.39, 0.29) is 28.2 Å². The average molecular weight is 317 g/mol. The van der Waals surface area contributed by atoms with E-state index < -0.39 is 4.92 Å². The third kappa shape index (κ3) is 2.33. The number of carbonyl (C=O) groups excluding carboxylic acids is 1. The molecule has 0 fully saturated rings. The summed E-state index contributed by atoms with van der Waals surface area (Å²) in [7, 11) is 0. The number of rotatable bonds is 2. The summed E-state index contributed by atoms with van der Waals surface area (Å²) in [5, 5.41) is 11.1. The molecule has 0 N–H and O–H groups in total. The van der Waals surface area contributed by atoms with Gasteiger partial charge in [-0.3, -0.25) is 14.9 Å². The second-order valence-corrected chi connectivity index (χ2v) is 5.69. The average Bonchev–Trinajstić information content (AvgIpc) is 2.82. The first-order chi connectivity index (χ1) is 10.5. The van der Waals surface area contributed by atoms with E-state index in [2.05, 4.69) is 0 Å². The van der Waals surface area contributed by atoms with Crippen LogP contribution in [0.3, 0.4) is 0 Å². The van der Waals surface area contributed by atoms with E-state index in [0.29, 0.717) is 0 Å². The molecular weight excluding hydrogens is 304 g/mol. The van der Waals surface area contributed by atoms with Crippen LogP contribution in [0.25, 0.3) is 0 Å². The summed E-state index contributed by atoms with van der Waals surface area (Å²) in [6.45, 7) is 1.95. The minimum atomic E-state index is -0.533. The zero-order chi connectivity index (χ0) is 15.9. The predicted octanol–water partition coefficient (Wildman–Crippen LogP) is 3.84. The number of hydrogen-bond acceptors (Lipinski definition) is 3. The topological polar surface area (TPSA) is 63.5 Å². The molecule has 22 heavy (non-hydrogen) atoms. The van der Waals surface area contributed by atoms with Gasteiger partial charge in [0, 0.05) is 23.9 Å². The minimum absolute atomic E-state index is 0.0137. The molecule has 0 saturated carbocycles. The number of amides is 1. The van der Waals surface area contributed by atoms with Gasteiger partial charge in [-0.2, -0.15) is 0 Å². The van der Waals surface area contributed by atoms with Crippen molar-refractivity contribution in [1.29, 1.82) is 0 Å². The molecule has 2 aromatic carbocycles. The number of nitrogens with zero attached hydrogens (tertiary/aromatic N) is 2. The van der Waals surface area contributed by atoms with Gasteiger partial charge >= 0.3 is 0 Å². The standard InChI is InChI=1S/C16H13ClN2O3/c1-10-8-11-4-2-3-5-15(11)18(10)16(20)13-9-12(19(21)22)6-7-14(13)17/h2-7,9-10H,8H2,1H3/t10-/m1/s1. The van der Waals surface area contributed by atoms with Crippen LogP contribution in [0.4, 0.5) is 11.4 Å². The van der Waals surface area contributed by atoms with Crippen molar-refractivity contribution < 1.29 is 9.72 Å². The molecule has 0 aromatic heterocycles. The quantitative estimate of drug-likeness (QED) is 0.624. The molecule has 0 bridgehead atoms. The highest BCUT2D eigenvalue weighted by Gasteiger charge is 2.32. The van der Waals surface area contributed by atoms with Crippen molar-refractivity contribution in [2.75, 3.05) is 4.90 Å². The van der Waals surface area contributed by atoms with Gasteiger partial charge in [0.15, 0.2) is 0 Å². The van der Waals surface area contributed by atoms with Crippen LogP contribution >= 0.6 is 11.6 Å². The number of hydrogen-bond donors (Lipinski definition) is 0. The zero-order valence-corrected chi connectivity index (χ0v) is 12.6. The van der Waals surface area contributed by atoms with E-state index in [1.807, 2.05) is 31.2 Å². The largest absolute Gasteiger partial charge is 0.305 e. The van der Waals surface area contributed by atoms with E-state index in [9.17, 15) is 14.9 Å². The molecule has 5 nitrogen and oxygen atoms in total. The van der Waals surface area contributed by atoms with Gasteiger partial charge in [-0.15, -0.1) is 0 Å². The summed E-state index contributed by atoms with van der Waals surface area (Å²) in [6.07, 6.45) is 0.758. The van der Waals surface area contributed by atoms with Gasteiger partial charge < -0.3 is 4.90 Å². The van der Waals surface area contributed by atoms with E-state index >= 15 is 0 Å². The molecule has 6 heteroatoms. The Morgan fingerprint density at radius 3 is 2.77 bits per heavy atom. The van der Waals surface area contributed by atoms with Gasteiger partial charge in [0.05, 0.1) is 15.5 Å². The number of non-ortho nitro benzene ring substituents is 1. The van der Waals surface area contributed by atoms with Gasteiger partial charge in [-0.25, -0.2) is 0 Å². The predicted molar refractivity (Wildman–Crippen MR) is 84.5 cm³/mol. The maximum absolute atomic E-state index is 12.8. The van der Waals surface area contributed by atoms with Crippen LogP contribution in [-0.4, -0.2) is 16.9 Å². The molecule has 3 rings (SSSR count). The van der Waals surface area contributed by atoms with E-state index in [4.69, 9.17) is 11.6 Å². The van der Waals surface area contributed by atoms with E-state index in [0.717, 1.165) is 17.7 Å². The molecule has 2 aromatic rings. The van der Waals surface area contributed by atoms with Crippen LogP contribution in [0.2, 0.25) is 5.02 Å². The lowest BCUT2D eigenvalue weighted by molar-refractivity contribution is -0.384. The summed E-state index contributed by atoms with van der Waals surface area (Å²) >= 11 is 6.08. The number of benzene rings is 2. The van der Waals surface area contributed by atoms with Crippen molar-refractivity contribution in [3.05, 3.63) is 68.7 Å². The maximum Gasteiger partial charge on any atom is 0.270 e. The lowest BCUT2D eigenvalue weighted by Gasteiger charge is -2.23. The highest BCUT2D eigenvalue weighted by atomic mass is 35.5. The Morgan fingerprint density at radius 1 is 1.32 bits per heavy atom. The Bertz CT molecular complexity index is 776. The molecule has 1 amide bonds. The van der Waals surface area contributed by atoms with Gasteiger partial charge in [0.25, 0.3) is 11.6 Å². The number of nitro benzene ring substituents is 1. The van der Waals surface area contributed by atoms with Crippen LogP contribution in [0, 0.1) is 10.1 Å². The first-order valence-corrected chi connectivity index (χ1v) is 7.22. The molecular formula is C16H13ClN2O3. The highest BCUT2D eigenvalue weighted by Crippen LogP contribution is 2.34. The second kappa shape index (κ2) is 5.42. The third-order valence-electron chi connectivity index (χ3n) is 3.82. The van der Waals surface area contributed by atoms with E-state index in [1.165, 1.54) is 18.2 Å². The summed E-state index contributed by atoms with van der Waals surface area (Å²) in [5.41, 5.74) is 1.93. The molecule has 1 aliphatic heterocycles. The summed E-state index contributed by atoms with van der Waals surface area (Å²) < 4.78 is 0. The van der Waals surface area contributed by atoms with Crippen LogP contribution < -0.4 is 4.90 Å². The molecule has 1 atom stereocenters. The molecule has 0 saturated heterocycles. The molecule has 0 radical (unpaired) electrons. The lowest BCUT2D eigenvalue weighted by atomic mass is 10.1. The first-order valence-electron chi connectivity index (χ1n) is 6.84. The fourth-order valence-electron chi connectivity index (χ4n) is 2.80. The molecule has 0 unspecified atom stereocenters. The number of fused-ring (bicyclic) bond motifs is 1. The van der Waals surface area contributed by atoms with Gasteiger partial charge in [0.1, 0.15) is 0 Å². The molecule has 0 aliphatic carbocycles. The summed E-state index contributed by atoms with van der Waals surface area (Å²) in [5.74, 6) is -0.314. The van der Waals surface area contributed by atoms with Gasteiger partial charge in [-0.05, 0) is 31.0 Å². The molecule has 0 spiro atoms. The van der Waals surface area contributed by atoms with Crippen LogP contribution in [-0.2, 0) is 6.42 Å². The monoisotopic (exact) mass is 316 g/mol. The first kappa shape index (κ1) is 14.5. The third-order valence-corrected chi connectivity index (χ3v) is 4.15. The second-order valence-electron chi connectivity index (χ2n) is 5.28. The van der Waals surface area contributed by atoms with Crippen molar-refractivity contribution in [3.8, 4) is 0 Å². The maximum atomic E-state index is 12.8. The van der Waals surface area contributed by atoms with Gasteiger partial charge in [0.2, 0.25) is 0 Å². The Kier molecular flexibility index (Phi) is 3.58. The van der Waals surface area contributed by atoms with Crippen LogP contribution in [0.15, 0.2) is 42.5 Å². The Labute approximate surface area is 132 Å². The summed E-state index contributed by atoms with van der Waals surface area (Å²) in [6, 6.07) is 11.6. The SMILES string of the molecule is C[C@@H]1Cc2ccccc2N1C(=O)c1cc([N+](=O)[O-])ccc1Cl. The Morgan fingerprint density at radius 2 is 2.05 bits per heavy atom. The number of anilines is 1. The number of para-hydroxylation sites is 1. The van der Waals surface area contributed by atoms with Crippen molar-refractivity contribution in [1.82, 2.24) is 0 Å². The number of carbonyl (C=O) groups is 1. The Hall–Kier alpha value is -2.40. The minimum Gasteiger partial charge on any atom is -0.305 e. The summed E-state index contributed by atoms with van der Waals surface area (Å²) in [4.78, 5) is 24.9. The van der Waals surface area contributed by atoms with E-state index in [1.54, 1.807) is 4.90 Å². The molecule has 1 aliphatic rings. The van der Waals surface area contributed by atoms with Crippen LogP contribution in [0.5, 0.6) is 0 Å². The normalized spacial score (nSPS) is 16.5. The van der Waals surface area contributed by atoms with Crippen molar-refractivity contribution >= 4 is 28.9 Å². The fraction of sp³-hybridized carbons (Fsp3) is 0.188. The Balaban J connectivity index is 2.05. The van der Waals surface area contributed by atoms with Crippen molar-refractivity contribution in [2.24, 2.45) is 0 Å². The lowest BCUT2D eigenvalue weighted by Crippen LogP contribution is -2.35. The number of halogens is 1. The van der Waals surface area contributed by atoms with Crippen molar-refractivity contribution in [3.63, 3.8) is 0 Å².